The molecule has 138 valence electrons. The molecule has 0 fully saturated rings. The molecule has 0 saturated carbocycles. The number of aromatic nitrogens is 2. The van der Waals surface area contributed by atoms with Gasteiger partial charge in [-0.25, -0.2) is 13.9 Å². The third-order valence-electron chi connectivity index (χ3n) is 5.05. The number of carbonyl (C=O) groups is 2. The number of hydrogen-bond acceptors (Lipinski definition) is 3. The molecule has 1 aromatic carbocycles. The summed E-state index contributed by atoms with van der Waals surface area (Å²) in [6.45, 7) is 4.96. The number of amides is 1. The highest BCUT2D eigenvalue weighted by Crippen LogP contribution is 2.29. The van der Waals surface area contributed by atoms with Gasteiger partial charge in [0.2, 0.25) is 0 Å². The van der Waals surface area contributed by atoms with Crippen LogP contribution in [0.1, 0.15) is 54.0 Å². The van der Waals surface area contributed by atoms with Crippen LogP contribution < -0.4 is 5.32 Å². The molecule has 1 aliphatic carbocycles. The van der Waals surface area contributed by atoms with Crippen LogP contribution in [0, 0.1) is 12.7 Å². The van der Waals surface area contributed by atoms with Gasteiger partial charge in [-0.3, -0.25) is 4.79 Å². The van der Waals surface area contributed by atoms with Crippen molar-refractivity contribution in [1.82, 2.24) is 15.1 Å². The van der Waals surface area contributed by atoms with Crippen LogP contribution in [0.2, 0.25) is 0 Å². The first-order valence-electron chi connectivity index (χ1n) is 8.70. The van der Waals surface area contributed by atoms with Crippen LogP contribution in [0.5, 0.6) is 0 Å². The minimum Gasteiger partial charge on any atom is -0.480 e. The lowest BCUT2D eigenvalue weighted by molar-refractivity contribution is -0.143. The van der Waals surface area contributed by atoms with Gasteiger partial charge in [0.25, 0.3) is 5.91 Å². The van der Waals surface area contributed by atoms with Crippen molar-refractivity contribution >= 4 is 11.9 Å². The molecule has 1 unspecified atom stereocenters. The first-order chi connectivity index (χ1) is 12.3. The summed E-state index contributed by atoms with van der Waals surface area (Å²) < 4.78 is 15.9. The van der Waals surface area contributed by atoms with E-state index in [9.17, 15) is 19.1 Å². The van der Waals surface area contributed by atoms with Gasteiger partial charge in [0.05, 0.1) is 0 Å². The molecule has 26 heavy (non-hydrogen) atoms. The van der Waals surface area contributed by atoms with Crippen LogP contribution in [-0.2, 0) is 17.6 Å². The van der Waals surface area contributed by atoms with Gasteiger partial charge in [0.1, 0.15) is 17.0 Å². The number of aryl methyl sites for hydroxylation is 1. The number of nitrogens with zero attached hydrogens (tertiary/aromatic N) is 2. The van der Waals surface area contributed by atoms with E-state index in [0.29, 0.717) is 18.5 Å². The fraction of sp³-hybridized carbons (Fsp3) is 0.421. The Bertz CT molecular complexity index is 890. The predicted molar refractivity (Wildman–Crippen MR) is 94.1 cm³/mol. The summed E-state index contributed by atoms with van der Waals surface area (Å²) in [6.07, 6.45) is 2.46. The van der Waals surface area contributed by atoms with Gasteiger partial charge in [-0.15, -0.1) is 0 Å². The Hall–Kier alpha value is -2.70. The summed E-state index contributed by atoms with van der Waals surface area (Å²) in [7, 11) is 0. The van der Waals surface area contributed by atoms with E-state index >= 15 is 0 Å². The van der Waals surface area contributed by atoms with Gasteiger partial charge in [0.15, 0.2) is 5.69 Å². The summed E-state index contributed by atoms with van der Waals surface area (Å²) >= 11 is 0. The van der Waals surface area contributed by atoms with Crippen LogP contribution in [0.15, 0.2) is 18.2 Å². The third kappa shape index (κ3) is 2.98. The molecule has 1 aromatic heterocycles. The molecular formula is C19H22FN3O3. The Morgan fingerprint density at radius 2 is 2.12 bits per heavy atom. The maximum Gasteiger partial charge on any atom is 0.329 e. The molecule has 0 bridgehead atoms. The third-order valence-corrected chi connectivity index (χ3v) is 5.05. The lowest BCUT2D eigenvalue weighted by Crippen LogP contribution is -2.52. The summed E-state index contributed by atoms with van der Waals surface area (Å²) in [4.78, 5) is 24.2. The number of aliphatic carboxylic acids is 1. The smallest absolute Gasteiger partial charge is 0.329 e. The zero-order valence-electron chi connectivity index (χ0n) is 15.1. The first kappa shape index (κ1) is 18.1. The SMILES string of the molecule is CCC(C)(NC(=O)c1nn(-c2ccc(C)cc2F)c2c1CCC2)C(=O)O. The first-order valence-corrected chi connectivity index (χ1v) is 8.70. The van der Waals surface area contributed by atoms with Crippen molar-refractivity contribution in [2.75, 3.05) is 0 Å². The maximum absolute atomic E-state index is 14.4. The Balaban J connectivity index is 2.02. The molecule has 2 N–H and O–H groups in total. The Morgan fingerprint density at radius 1 is 1.38 bits per heavy atom. The van der Waals surface area contributed by atoms with Crippen molar-refractivity contribution in [3.05, 3.63) is 46.5 Å². The van der Waals surface area contributed by atoms with Crippen molar-refractivity contribution in [3.63, 3.8) is 0 Å². The molecule has 1 heterocycles. The molecule has 0 spiro atoms. The fourth-order valence-electron chi connectivity index (χ4n) is 3.21. The van der Waals surface area contributed by atoms with E-state index in [1.165, 1.54) is 17.7 Å². The summed E-state index contributed by atoms with van der Waals surface area (Å²) in [6, 6.07) is 4.86. The molecule has 6 nitrogen and oxygen atoms in total. The van der Waals surface area contributed by atoms with Gasteiger partial charge >= 0.3 is 5.97 Å². The molecule has 0 saturated heterocycles. The molecule has 2 aromatic rings. The predicted octanol–water partition coefficient (Wildman–Crippen LogP) is 2.79. The summed E-state index contributed by atoms with van der Waals surface area (Å²) in [5.74, 6) is -2.05. The molecule has 1 amide bonds. The van der Waals surface area contributed by atoms with Gasteiger partial charge < -0.3 is 10.4 Å². The van der Waals surface area contributed by atoms with E-state index < -0.39 is 23.2 Å². The van der Waals surface area contributed by atoms with E-state index in [4.69, 9.17) is 0 Å². The van der Waals surface area contributed by atoms with Gasteiger partial charge in [-0.05, 0) is 57.2 Å². The zero-order chi connectivity index (χ0) is 19.1. The average Bonchev–Trinajstić information content (AvgIpc) is 3.17. The van der Waals surface area contributed by atoms with Crippen molar-refractivity contribution in [3.8, 4) is 5.69 Å². The van der Waals surface area contributed by atoms with Crippen LogP contribution in [0.4, 0.5) is 4.39 Å². The molecular weight excluding hydrogens is 337 g/mol. The highest BCUT2D eigenvalue weighted by Gasteiger charge is 2.36. The van der Waals surface area contributed by atoms with Crippen molar-refractivity contribution in [2.24, 2.45) is 0 Å². The van der Waals surface area contributed by atoms with Crippen molar-refractivity contribution < 1.29 is 19.1 Å². The fourth-order valence-corrected chi connectivity index (χ4v) is 3.21. The lowest BCUT2D eigenvalue weighted by Gasteiger charge is -2.24. The number of carbonyl (C=O) groups excluding carboxylic acids is 1. The number of halogens is 1. The highest BCUT2D eigenvalue weighted by atomic mass is 19.1. The second-order valence-electron chi connectivity index (χ2n) is 6.94. The van der Waals surface area contributed by atoms with E-state index in [1.807, 2.05) is 0 Å². The number of carboxylic acids is 1. The molecule has 1 aliphatic rings. The molecule has 1 atom stereocenters. The number of carboxylic acid groups (broad SMARTS) is 1. The molecule has 3 rings (SSSR count). The average molecular weight is 359 g/mol. The Morgan fingerprint density at radius 3 is 2.73 bits per heavy atom. The van der Waals surface area contributed by atoms with E-state index in [-0.39, 0.29) is 12.1 Å². The van der Waals surface area contributed by atoms with E-state index in [1.54, 1.807) is 26.0 Å². The number of rotatable bonds is 5. The number of hydrogen-bond donors (Lipinski definition) is 2. The number of benzene rings is 1. The Labute approximate surface area is 151 Å². The normalized spacial score (nSPS) is 15.4. The van der Waals surface area contributed by atoms with E-state index in [0.717, 1.165) is 23.2 Å². The quantitative estimate of drug-likeness (QED) is 0.860. The van der Waals surface area contributed by atoms with Gasteiger partial charge in [-0.1, -0.05) is 13.0 Å². The second-order valence-corrected chi connectivity index (χ2v) is 6.94. The standard InChI is InChI=1S/C19H22FN3O3/c1-4-19(3,18(25)26)21-17(24)16-12-6-5-7-14(12)23(22-16)15-9-8-11(2)10-13(15)20/h8-10H,4-7H2,1-3H3,(H,21,24)(H,25,26). The largest absolute Gasteiger partial charge is 0.480 e. The summed E-state index contributed by atoms with van der Waals surface area (Å²) in [5, 5.41) is 16.3. The minimum atomic E-state index is -1.37. The maximum atomic E-state index is 14.4. The number of fused-ring (bicyclic) bond motifs is 1. The van der Waals surface area contributed by atoms with Crippen molar-refractivity contribution in [2.45, 2.75) is 52.0 Å². The summed E-state index contributed by atoms with van der Waals surface area (Å²) in [5.41, 5.74) is 1.48. The van der Waals surface area contributed by atoms with Crippen LogP contribution in [-0.4, -0.2) is 32.3 Å². The van der Waals surface area contributed by atoms with Gasteiger partial charge in [-0.2, -0.15) is 5.10 Å². The highest BCUT2D eigenvalue weighted by molar-refractivity contribution is 5.97. The van der Waals surface area contributed by atoms with Gasteiger partial charge in [0, 0.05) is 11.3 Å². The molecule has 7 heteroatoms. The minimum absolute atomic E-state index is 0.179. The monoisotopic (exact) mass is 359 g/mol. The molecule has 0 radical (unpaired) electrons. The topological polar surface area (TPSA) is 84.2 Å². The Kier molecular flexibility index (Phi) is 4.56. The lowest BCUT2D eigenvalue weighted by atomic mass is 9.99. The zero-order valence-corrected chi connectivity index (χ0v) is 15.1. The molecule has 0 aliphatic heterocycles. The second kappa shape index (κ2) is 6.55. The van der Waals surface area contributed by atoms with Crippen LogP contribution >= 0.6 is 0 Å². The van der Waals surface area contributed by atoms with Crippen molar-refractivity contribution in [1.29, 1.82) is 0 Å². The van der Waals surface area contributed by atoms with Crippen LogP contribution in [0.25, 0.3) is 5.69 Å². The number of nitrogens with one attached hydrogen (secondary N) is 1. The van der Waals surface area contributed by atoms with Crippen LogP contribution in [0.3, 0.4) is 0 Å². The van der Waals surface area contributed by atoms with E-state index in [2.05, 4.69) is 10.4 Å².